The van der Waals surface area contributed by atoms with Crippen LogP contribution in [0.2, 0.25) is 0 Å². The third-order valence-electron chi connectivity index (χ3n) is 3.37. The van der Waals surface area contributed by atoms with Crippen LogP contribution in [0.15, 0.2) is 41.6 Å². The summed E-state index contributed by atoms with van der Waals surface area (Å²) in [6, 6.07) is 6.61. The van der Waals surface area contributed by atoms with Gasteiger partial charge in [-0.15, -0.1) is 0 Å². The van der Waals surface area contributed by atoms with E-state index in [0.717, 1.165) is 11.1 Å². The van der Waals surface area contributed by atoms with Gasteiger partial charge in [0.05, 0.1) is 4.90 Å². The van der Waals surface area contributed by atoms with Crippen molar-refractivity contribution in [1.29, 1.82) is 0 Å². The van der Waals surface area contributed by atoms with E-state index in [4.69, 9.17) is 5.73 Å². The minimum Gasteiger partial charge on any atom is -0.398 e. The number of nitrogens with zero attached hydrogens (tertiary/aromatic N) is 1. The lowest BCUT2D eigenvalue weighted by atomic mass is 10.1. The molecule has 6 heteroatoms. The Hall–Kier alpha value is -1.92. The number of hydrogen-bond donors (Lipinski definition) is 2. The zero-order valence-electron chi connectivity index (χ0n) is 12.3. The third kappa shape index (κ3) is 3.40. The van der Waals surface area contributed by atoms with E-state index in [1.807, 2.05) is 6.92 Å². The summed E-state index contributed by atoms with van der Waals surface area (Å²) in [4.78, 5) is 4.15. The van der Waals surface area contributed by atoms with Crippen molar-refractivity contribution in [2.24, 2.45) is 0 Å². The molecular weight excluding hydrogens is 286 g/mol. The summed E-state index contributed by atoms with van der Waals surface area (Å²) in [6.07, 6.45) is 3.27. The van der Waals surface area contributed by atoms with Crippen LogP contribution in [0, 0.1) is 13.8 Å². The minimum atomic E-state index is -3.63. The van der Waals surface area contributed by atoms with Gasteiger partial charge in [-0.05, 0) is 61.7 Å². The largest absolute Gasteiger partial charge is 0.398 e. The molecule has 2 aromatic rings. The highest BCUT2D eigenvalue weighted by Gasteiger charge is 2.21. The molecule has 5 nitrogen and oxygen atoms in total. The number of hydrogen-bond acceptors (Lipinski definition) is 4. The van der Waals surface area contributed by atoms with Crippen LogP contribution in [0.25, 0.3) is 0 Å². The molecule has 0 fully saturated rings. The second kappa shape index (κ2) is 5.83. The molecule has 0 aliphatic heterocycles. The fourth-order valence-electron chi connectivity index (χ4n) is 2.15. The third-order valence-corrected chi connectivity index (χ3v) is 5.04. The molecule has 0 aliphatic rings. The number of aryl methyl sites for hydroxylation is 1. The van der Waals surface area contributed by atoms with Crippen LogP contribution in [-0.2, 0) is 10.0 Å². The van der Waals surface area contributed by atoms with Gasteiger partial charge in [0.2, 0.25) is 10.0 Å². The normalized spacial score (nSPS) is 13.1. The van der Waals surface area contributed by atoms with Crippen LogP contribution in [0.5, 0.6) is 0 Å². The van der Waals surface area contributed by atoms with Crippen molar-refractivity contribution < 1.29 is 8.42 Å². The predicted octanol–water partition coefficient (Wildman–Crippen LogP) is 2.32. The number of sulfonamides is 1. The molecule has 0 saturated heterocycles. The molecule has 3 N–H and O–H groups in total. The number of rotatable bonds is 4. The van der Waals surface area contributed by atoms with E-state index in [0.29, 0.717) is 11.3 Å². The number of aromatic nitrogens is 1. The molecule has 21 heavy (non-hydrogen) atoms. The summed E-state index contributed by atoms with van der Waals surface area (Å²) in [6.45, 7) is 5.32. The number of pyridine rings is 1. The fourth-order valence-corrected chi connectivity index (χ4v) is 3.74. The minimum absolute atomic E-state index is 0.223. The first-order valence-corrected chi connectivity index (χ1v) is 8.08. The molecule has 0 spiro atoms. The molecule has 1 heterocycles. The van der Waals surface area contributed by atoms with E-state index in [1.165, 1.54) is 0 Å². The van der Waals surface area contributed by atoms with Crippen molar-refractivity contribution in [3.63, 3.8) is 0 Å². The SMILES string of the molecule is Cc1cc(N)c(C)c(S(=O)(=O)NC(C)c2ccncc2)c1. The summed E-state index contributed by atoms with van der Waals surface area (Å²) < 4.78 is 27.8. The Morgan fingerprint density at radius 2 is 1.81 bits per heavy atom. The van der Waals surface area contributed by atoms with E-state index in [-0.39, 0.29) is 10.9 Å². The molecule has 0 saturated carbocycles. The zero-order valence-corrected chi connectivity index (χ0v) is 13.1. The van der Waals surface area contributed by atoms with Gasteiger partial charge >= 0.3 is 0 Å². The number of benzene rings is 1. The van der Waals surface area contributed by atoms with Crippen molar-refractivity contribution in [3.05, 3.63) is 53.3 Å². The Balaban J connectivity index is 2.35. The molecule has 1 aromatic carbocycles. The van der Waals surface area contributed by atoms with Gasteiger partial charge in [-0.2, -0.15) is 0 Å². The van der Waals surface area contributed by atoms with Gasteiger partial charge in [-0.25, -0.2) is 13.1 Å². The molecule has 0 amide bonds. The highest BCUT2D eigenvalue weighted by atomic mass is 32.2. The molecule has 1 unspecified atom stereocenters. The lowest BCUT2D eigenvalue weighted by Gasteiger charge is -2.17. The quantitative estimate of drug-likeness (QED) is 0.849. The van der Waals surface area contributed by atoms with Gasteiger partial charge < -0.3 is 5.73 Å². The van der Waals surface area contributed by atoms with E-state index in [9.17, 15) is 8.42 Å². The predicted molar refractivity (Wildman–Crippen MR) is 83.3 cm³/mol. The van der Waals surface area contributed by atoms with Crippen molar-refractivity contribution in [3.8, 4) is 0 Å². The first kappa shape index (κ1) is 15.5. The van der Waals surface area contributed by atoms with Gasteiger partial charge in [-0.3, -0.25) is 4.98 Å². The van der Waals surface area contributed by atoms with Crippen LogP contribution in [0.4, 0.5) is 5.69 Å². The Kier molecular flexibility index (Phi) is 4.29. The molecule has 0 radical (unpaired) electrons. The lowest BCUT2D eigenvalue weighted by molar-refractivity contribution is 0.566. The molecule has 112 valence electrons. The summed E-state index contributed by atoms with van der Waals surface area (Å²) in [7, 11) is -3.63. The molecule has 1 atom stereocenters. The van der Waals surface area contributed by atoms with Crippen LogP contribution < -0.4 is 10.5 Å². The first-order valence-electron chi connectivity index (χ1n) is 6.60. The Morgan fingerprint density at radius 1 is 1.19 bits per heavy atom. The number of nitrogens with two attached hydrogens (primary N) is 1. The van der Waals surface area contributed by atoms with Crippen molar-refractivity contribution in [2.45, 2.75) is 31.7 Å². The molecule has 0 bridgehead atoms. The summed E-state index contributed by atoms with van der Waals surface area (Å²) >= 11 is 0. The van der Waals surface area contributed by atoms with E-state index >= 15 is 0 Å². The summed E-state index contributed by atoms with van der Waals surface area (Å²) in [5.74, 6) is 0. The van der Waals surface area contributed by atoms with E-state index < -0.39 is 10.0 Å². The maximum atomic E-state index is 12.6. The Labute approximate surface area is 125 Å². The van der Waals surface area contributed by atoms with E-state index in [1.54, 1.807) is 50.5 Å². The van der Waals surface area contributed by atoms with Gasteiger partial charge in [-0.1, -0.05) is 0 Å². The van der Waals surface area contributed by atoms with Crippen molar-refractivity contribution >= 4 is 15.7 Å². The highest BCUT2D eigenvalue weighted by molar-refractivity contribution is 7.89. The van der Waals surface area contributed by atoms with Gasteiger partial charge in [0.1, 0.15) is 0 Å². The second-order valence-corrected chi connectivity index (χ2v) is 6.78. The van der Waals surface area contributed by atoms with Gasteiger partial charge in [0.25, 0.3) is 0 Å². The second-order valence-electron chi connectivity index (χ2n) is 5.10. The molecule has 2 rings (SSSR count). The van der Waals surface area contributed by atoms with Crippen molar-refractivity contribution in [2.75, 3.05) is 5.73 Å². The standard InChI is InChI=1S/C15H19N3O2S/c1-10-8-14(16)11(2)15(9-10)21(19,20)18-12(3)13-4-6-17-7-5-13/h4-9,12,18H,16H2,1-3H3. The summed E-state index contributed by atoms with van der Waals surface area (Å²) in [5, 5.41) is 0. The van der Waals surface area contributed by atoms with Crippen molar-refractivity contribution in [1.82, 2.24) is 9.71 Å². The van der Waals surface area contributed by atoms with Crippen LogP contribution >= 0.6 is 0 Å². The van der Waals surface area contributed by atoms with Crippen LogP contribution in [0.3, 0.4) is 0 Å². The Morgan fingerprint density at radius 3 is 2.43 bits per heavy atom. The zero-order chi connectivity index (χ0) is 15.6. The first-order chi connectivity index (χ1) is 9.81. The lowest BCUT2D eigenvalue weighted by Crippen LogP contribution is -2.27. The number of anilines is 1. The molecule has 0 aliphatic carbocycles. The maximum Gasteiger partial charge on any atom is 0.241 e. The van der Waals surface area contributed by atoms with E-state index in [2.05, 4.69) is 9.71 Å². The van der Waals surface area contributed by atoms with Gasteiger partial charge in [0.15, 0.2) is 0 Å². The fraction of sp³-hybridized carbons (Fsp3) is 0.267. The number of nitrogens with one attached hydrogen (secondary N) is 1. The maximum absolute atomic E-state index is 12.6. The average molecular weight is 305 g/mol. The Bertz CT molecular complexity index is 743. The summed E-state index contributed by atoms with van der Waals surface area (Å²) in [5.41, 5.74) is 8.57. The van der Waals surface area contributed by atoms with Gasteiger partial charge in [0, 0.05) is 24.1 Å². The average Bonchev–Trinajstić information content (AvgIpc) is 2.43. The van der Waals surface area contributed by atoms with Crippen LogP contribution in [-0.4, -0.2) is 13.4 Å². The topological polar surface area (TPSA) is 85.1 Å². The van der Waals surface area contributed by atoms with Crippen LogP contribution in [0.1, 0.15) is 29.7 Å². The highest BCUT2D eigenvalue weighted by Crippen LogP contribution is 2.24. The molecule has 1 aromatic heterocycles. The smallest absolute Gasteiger partial charge is 0.241 e. The monoisotopic (exact) mass is 305 g/mol. The number of nitrogen functional groups attached to an aromatic ring is 1. The molecular formula is C15H19N3O2S.